The Morgan fingerprint density at radius 1 is 1.39 bits per heavy atom. The molecule has 2 rings (SSSR count). The summed E-state index contributed by atoms with van der Waals surface area (Å²) in [5.41, 5.74) is 2.54. The van der Waals surface area contributed by atoms with Crippen LogP contribution < -0.4 is 5.32 Å². The summed E-state index contributed by atoms with van der Waals surface area (Å²) in [5, 5.41) is 3.66. The Hall–Kier alpha value is -0.930. The molecule has 1 atom stereocenters. The maximum atomic E-state index is 4.57. The maximum Gasteiger partial charge on any atom is 0.0547 e. The standard InChI is InChI=1S/C15H25N3/c1-13-7-6-8-14(17-13)11-18(3)12-15(2)9-4-5-10-16-15/h6-8,16H,4-5,9-12H2,1-3H3. The number of piperidine rings is 1. The fraction of sp³-hybridized carbons (Fsp3) is 0.667. The summed E-state index contributed by atoms with van der Waals surface area (Å²) in [5.74, 6) is 0. The minimum atomic E-state index is 0.275. The molecule has 0 aromatic carbocycles. The SMILES string of the molecule is Cc1cccc(CN(C)CC2(C)CCCCN2)n1. The first-order chi connectivity index (χ1) is 8.57. The lowest BCUT2D eigenvalue weighted by molar-refractivity contribution is 0.181. The summed E-state index contributed by atoms with van der Waals surface area (Å²) in [6, 6.07) is 6.25. The molecule has 1 aliphatic rings. The zero-order valence-corrected chi connectivity index (χ0v) is 11.9. The lowest BCUT2D eigenvalue weighted by Crippen LogP contribution is -2.52. The fourth-order valence-corrected chi connectivity index (χ4v) is 2.87. The van der Waals surface area contributed by atoms with Crippen molar-refractivity contribution >= 4 is 0 Å². The number of likely N-dealkylation sites (N-methyl/N-ethyl adjacent to an activating group) is 1. The van der Waals surface area contributed by atoms with Gasteiger partial charge in [-0.05, 0) is 52.4 Å². The van der Waals surface area contributed by atoms with Gasteiger partial charge in [0.1, 0.15) is 0 Å². The van der Waals surface area contributed by atoms with Gasteiger partial charge < -0.3 is 5.32 Å². The van der Waals surface area contributed by atoms with Gasteiger partial charge in [0.15, 0.2) is 0 Å². The van der Waals surface area contributed by atoms with Crippen LogP contribution in [0, 0.1) is 6.92 Å². The molecule has 3 nitrogen and oxygen atoms in total. The summed E-state index contributed by atoms with van der Waals surface area (Å²) in [6.45, 7) is 7.56. The van der Waals surface area contributed by atoms with Crippen LogP contribution in [0.3, 0.4) is 0 Å². The summed E-state index contributed by atoms with van der Waals surface area (Å²) in [4.78, 5) is 6.94. The van der Waals surface area contributed by atoms with E-state index < -0.39 is 0 Å². The largest absolute Gasteiger partial charge is 0.310 e. The van der Waals surface area contributed by atoms with Crippen LogP contribution in [0.1, 0.15) is 37.6 Å². The van der Waals surface area contributed by atoms with E-state index in [1.165, 1.54) is 19.3 Å². The first-order valence-electron chi connectivity index (χ1n) is 6.94. The molecule has 0 radical (unpaired) electrons. The Morgan fingerprint density at radius 3 is 2.89 bits per heavy atom. The highest BCUT2D eigenvalue weighted by atomic mass is 15.2. The third-order valence-electron chi connectivity index (χ3n) is 3.70. The topological polar surface area (TPSA) is 28.2 Å². The van der Waals surface area contributed by atoms with E-state index in [0.29, 0.717) is 0 Å². The number of rotatable bonds is 4. The van der Waals surface area contributed by atoms with Gasteiger partial charge in [-0.2, -0.15) is 0 Å². The molecule has 1 N–H and O–H groups in total. The quantitative estimate of drug-likeness (QED) is 0.885. The molecule has 0 bridgehead atoms. The predicted octanol–water partition coefficient (Wildman–Crippen LogP) is 2.35. The van der Waals surface area contributed by atoms with Gasteiger partial charge in [-0.1, -0.05) is 12.5 Å². The van der Waals surface area contributed by atoms with Crippen LogP contribution >= 0.6 is 0 Å². The third-order valence-corrected chi connectivity index (χ3v) is 3.70. The highest BCUT2D eigenvalue weighted by Gasteiger charge is 2.27. The highest BCUT2D eigenvalue weighted by molar-refractivity contribution is 5.09. The summed E-state index contributed by atoms with van der Waals surface area (Å²) < 4.78 is 0. The van der Waals surface area contributed by atoms with Gasteiger partial charge in [0.2, 0.25) is 0 Å². The molecule has 1 aromatic rings. The van der Waals surface area contributed by atoms with Gasteiger partial charge in [-0.15, -0.1) is 0 Å². The van der Waals surface area contributed by atoms with Gasteiger partial charge in [-0.25, -0.2) is 0 Å². The molecular weight excluding hydrogens is 222 g/mol. The number of nitrogens with zero attached hydrogens (tertiary/aromatic N) is 2. The average Bonchev–Trinajstić information content (AvgIpc) is 2.28. The smallest absolute Gasteiger partial charge is 0.0547 e. The molecule has 2 heterocycles. The number of aromatic nitrogens is 1. The number of pyridine rings is 1. The van der Waals surface area contributed by atoms with Gasteiger partial charge in [-0.3, -0.25) is 9.88 Å². The van der Waals surface area contributed by atoms with Crippen molar-refractivity contribution in [2.75, 3.05) is 20.1 Å². The van der Waals surface area contributed by atoms with E-state index in [1.54, 1.807) is 0 Å². The van der Waals surface area contributed by atoms with E-state index >= 15 is 0 Å². The molecule has 0 spiro atoms. The number of hydrogen-bond donors (Lipinski definition) is 1. The molecule has 18 heavy (non-hydrogen) atoms. The van der Waals surface area contributed by atoms with Crippen molar-refractivity contribution in [3.8, 4) is 0 Å². The molecule has 3 heteroatoms. The average molecular weight is 247 g/mol. The van der Waals surface area contributed by atoms with Gasteiger partial charge >= 0.3 is 0 Å². The van der Waals surface area contributed by atoms with Crippen LogP contribution in [0.4, 0.5) is 0 Å². The van der Waals surface area contributed by atoms with E-state index in [4.69, 9.17) is 0 Å². The summed E-state index contributed by atoms with van der Waals surface area (Å²) in [7, 11) is 2.19. The normalized spacial score (nSPS) is 24.4. The molecule has 100 valence electrons. The van der Waals surface area contributed by atoms with Gasteiger partial charge in [0.05, 0.1) is 5.69 Å². The Labute approximate surface area is 111 Å². The Morgan fingerprint density at radius 2 is 2.22 bits per heavy atom. The van der Waals surface area contributed by atoms with Crippen molar-refractivity contribution in [2.45, 2.75) is 45.2 Å². The van der Waals surface area contributed by atoms with Gasteiger partial charge in [0, 0.05) is 24.3 Å². The van der Waals surface area contributed by atoms with Crippen LogP contribution in [-0.2, 0) is 6.54 Å². The van der Waals surface area contributed by atoms with E-state index in [9.17, 15) is 0 Å². The first-order valence-corrected chi connectivity index (χ1v) is 6.94. The first kappa shape index (κ1) is 13.5. The zero-order valence-electron chi connectivity index (χ0n) is 11.9. The third kappa shape index (κ3) is 3.79. The van der Waals surface area contributed by atoms with Crippen LogP contribution in [0.15, 0.2) is 18.2 Å². The van der Waals surface area contributed by atoms with Crippen LogP contribution in [0.25, 0.3) is 0 Å². The van der Waals surface area contributed by atoms with Crippen molar-refractivity contribution in [1.29, 1.82) is 0 Å². The predicted molar refractivity (Wildman–Crippen MR) is 75.6 cm³/mol. The number of nitrogens with one attached hydrogen (secondary N) is 1. The van der Waals surface area contributed by atoms with Crippen molar-refractivity contribution < 1.29 is 0 Å². The molecule has 1 aromatic heterocycles. The lowest BCUT2D eigenvalue weighted by atomic mass is 9.90. The number of aryl methyl sites for hydroxylation is 1. The second kappa shape index (κ2) is 5.81. The van der Waals surface area contributed by atoms with E-state index in [2.05, 4.69) is 41.3 Å². The second-order valence-electron chi connectivity index (χ2n) is 5.89. The molecule has 1 saturated heterocycles. The monoisotopic (exact) mass is 247 g/mol. The Bertz CT molecular complexity index is 383. The van der Waals surface area contributed by atoms with E-state index in [0.717, 1.165) is 31.0 Å². The minimum Gasteiger partial charge on any atom is -0.310 e. The van der Waals surface area contributed by atoms with Crippen LogP contribution in [-0.4, -0.2) is 35.6 Å². The fourth-order valence-electron chi connectivity index (χ4n) is 2.87. The van der Waals surface area contributed by atoms with Crippen LogP contribution in [0.5, 0.6) is 0 Å². The molecule has 1 fully saturated rings. The Kier molecular flexibility index (Phi) is 4.36. The zero-order chi connectivity index (χ0) is 13.0. The van der Waals surface area contributed by atoms with Crippen molar-refractivity contribution in [3.63, 3.8) is 0 Å². The second-order valence-corrected chi connectivity index (χ2v) is 5.89. The summed E-state index contributed by atoms with van der Waals surface area (Å²) in [6.07, 6.45) is 3.94. The molecule has 1 aliphatic heterocycles. The molecular formula is C15H25N3. The molecule has 0 amide bonds. The van der Waals surface area contributed by atoms with Crippen molar-refractivity contribution in [3.05, 3.63) is 29.6 Å². The van der Waals surface area contributed by atoms with Crippen molar-refractivity contribution in [2.24, 2.45) is 0 Å². The maximum absolute atomic E-state index is 4.57. The molecule has 0 aliphatic carbocycles. The lowest BCUT2D eigenvalue weighted by Gasteiger charge is -2.38. The van der Waals surface area contributed by atoms with E-state index in [1.807, 2.05) is 13.0 Å². The summed E-state index contributed by atoms with van der Waals surface area (Å²) >= 11 is 0. The Balaban J connectivity index is 1.90. The molecule has 0 saturated carbocycles. The number of hydrogen-bond acceptors (Lipinski definition) is 3. The van der Waals surface area contributed by atoms with Crippen LogP contribution in [0.2, 0.25) is 0 Å². The highest BCUT2D eigenvalue weighted by Crippen LogP contribution is 2.20. The van der Waals surface area contributed by atoms with Crippen molar-refractivity contribution in [1.82, 2.24) is 15.2 Å². The van der Waals surface area contributed by atoms with E-state index in [-0.39, 0.29) is 5.54 Å². The molecule has 1 unspecified atom stereocenters. The minimum absolute atomic E-state index is 0.275. The van der Waals surface area contributed by atoms with Gasteiger partial charge in [0.25, 0.3) is 0 Å².